The number of benzene rings is 2. The highest BCUT2D eigenvalue weighted by Gasteiger charge is 2.59. The van der Waals surface area contributed by atoms with Crippen LogP contribution in [0.25, 0.3) is 21.9 Å². The number of rotatable bonds is 4. The van der Waals surface area contributed by atoms with Gasteiger partial charge in [-0.25, -0.2) is 9.78 Å². The summed E-state index contributed by atoms with van der Waals surface area (Å²) in [5.74, 6) is -0.00989. The van der Waals surface area contributed by atoms with E-state index in [1.165, 1.54) is 7.05 Å². The highest BCUT2D eigenvalue weighted by atomic mass is 16.6. The van der Waals surface area contributed by atoms with Crippen LogP contribution >= 0.6 is 0 Å². The first-order chi connectivity index (χ1) is 18.0. The molecule has 182 valence electrons. The smallest absolute Gasteiger partial charge is 0.407 e. The van der Waals surface area contributed by atoms with Crippen LogP contribution in [0.5, 0.6) is 0 Å². The average Bonchev–Trinajstić information content (AvgIpc) is 3.16. The van der Waals surface area contributed by atoms with Crippen molar-refractivity contribution in [3.63, 3.8) is 0 Å². The van der Waals surface area contributed by atoms with Crippen LogP contribution in [-0.4, -0.2) is 35.1 Å². The Morgan fingerprint density at radius 3 is 2.65 bits per heavy atom. The van der Waals surface area contributed by atoms with Crippen LogP contribution in [-0.2, 0) is 21.5 Å². The summed E-state index contributed by atoms with van der Waals surface area (Å²) in [7, 11) is 1.52. The highest BCUT2D eigenvalue weighted by molar-refractivity contribution is 6.09. The van der Waals surface area contributed by atoms with Gasteiger partial charge in [0.15, 0.2) is 0 Å². The molecule has 8 nitrogen and oxygen atoms in total. The van der Waals surface area contributed by atoms with E-state index in [4.69, 9.17) is 9.72 Å². The predicted molar refractivity (Wildman–Crippen MR) is 138 cm³/mol. The molecule has 2 aliphatic rings. The second-order valence-corrected chi connectivity index (χ2v) is 9.39. The zero-order valence-corrected chi connectivity index (χ0v) is 20.1. The number of para-hydroxylation sites is 1. The SMILES string of the molecule is CNC(=O)OC1CC2(C1)C(=O)N(Cc1ncc3ccccc3c1-c1ccc(C#N)nc1)c1ccccc12. The molecule has 0 atom stereocenters. The molecule has 0 saturated heterocycles. The Kier molecular flexibility index (Phi) is 5.34. The number of carbonyl (C=O) groups is 2. The van der Waals surface area contributed by atoms with E-state index in [9.17, 15) is 14.9 Å². The van der Waals surface area contributed by atoms with E-state index in [1.807, 2.05) is 60.8 Å². The minimum Gasteiger partial charge on any atom is -0.446 e. The lowest BCUT2D eigenvalue weighted by molar-refractivity contribution is -0.131. The first-order valence-electron chi connectivity index (χ1n) is 12.1. The van der Waals surface area contributed by atoms with Crippen LogP contribution in [0.3, 0.4) is 0 Å². The molecule has 2 aromatic heterocycles. The fraction of sp³-hybridized carbons (Fsp3) is 0.207. The number of carbonyl (C=O) groups excluding carboxylic acids is 2. The van der Waals surface area contributed by atoms with Crippen LogP contribution in [0.4, 0.5) is 10.5 Å². The summed E-state index contributed by atoms with van der Waals surface area (Å²) in [4.78, 5) is 36.5. The lowest BCUT2D eigenvalue weighted by atomic mass is 9.63. The van der Waals surface area contributed by atoms with Gasteiger partial charge in [0.05, 0.1) is 17.7 Å². The van der Waals surface area contributed by atoms with Gasteiger partial charge in [0.2, 0.25) is 5.91 Å². The number of fused-ring (bicyclic) bond motifs is 3. The topological polar surface area (TPSA) is 108 Å². The largest absolute Gasteiger partial charge is 0.446 e. The van der Waals surface area contributed by atoms with Gasteiger partial charge in [-0.3, -0.25) is 9.78 Å². The number of pyridine rings is 2. The van der Waals surface area contributed by atoms with Gasteiger partial charge >= 0.3 is 6.09 Å². The van der Waals surface area contributed by atoms with E-state index in [0.29, 0.717) is 18.5 Å². The minimum absolute atomic E-state index is 0.00989. The molecule has 0 unspecified atom stereocenters. The summed E-state index contributed by atoms with van der Waals surface area (Å²) in [6.45, 7) is 0.277. The van der Waals surface area contributed by atoms with Crippen LogP contribution in [0.1, 0.15) is 29.8 Å². The van der Waals surface area contributed by atoms with Gasteiger partial charge in [0.25, 0.3) is 0 Å². The molecular formula is C29H23N5O3. The van der Waals surface area contributed by atoms with Crippen LogP contribution in [0.15, 0.2) is 73.1 Å². The monoisotopic (exact) mass is 489 g/mol. The third-order valence-electron chi connectivity index (χ3n) is 7.35. The minimum atomic E-state index is -0.706. The Morgan fingerprint density at radius 2 is 1.89 bits per heavy atom. The fourth-order valence-corrected chi connectivity index (χ4v) is 5.56. The van der Waals surface area contributed by atoms with Crippen LogP contribution in [0.2, 0.25) is 0 Å². The summed E-state index contributed by atoms with van der Waals surface area (Å²) in [6, 6.07) is 21.4. The third kappa shape index (κ3) is 3.59. The van der Waals surface area contributed by atoms with Crippen molar-refractivity contribution in [3.8, 4) is 17.2 Å². The molecule has 2 aromatic carbocycles. The highest BCUT2D eigenvalue weighted by Crippen LogP contribution is 2.54. The molecule has 1 N–H and O–H groups in total. The molecule has 1 fully saturated rings. The Balaban J connectivity index is 1.40. The number of ether oxygens (including phenoxy) is 1. The molecule has 4 aromatic rings. The summed E-state index contributed by atoms with van der Waals surface area (Å²) in [5, 5.41) is 13.6. The molecule has 1 aliphatic heterocycles. The van der Waals surface area contributed by atoms with E-state index in [0.717, 1.165) is 38.8 Å². The van der Waals surface area contributed by atoms with E-state index in [2.05, 4.69) is 16.4 Å². The van der Waals surface area contributed by atoms with Crippen molar-refractivity contribution in [2.75, 3.05) is 11.9 Å². The maximum Gasteiger partial charge on any atom is 0.407 e. The van der Waals surface area contributed by atoms with Crippen molar-refractivity contribution in [3.05, 3.63) is 90.0 Å². The predicted octanol–water partition coefficient (Wildman–Crippen LogP) is 4.47. The molecule has 1 saturated carbocycles. The maximum absolute atomic E-state index is 14.0. The summed E-state index contributed by atoms with van der Waals surface area (Å²) in [5.41, 5.74) is 3.89. The van der Waals surface area contributed by atoms with Gasteiger partial charge in [-0.2, -0.15) is 5.26 Å². The van der Waals surface area contributed by atoms with Gasteiger partial charge in [0.1, 0.15) is 17.9 Å². The molecule has 3 heterocycles. The summed E-state index contributed by atoms with van der Waals surface area (Å²) < 4.78 is 5.42. The number of hydrogen-bond acceptors (Lipinski definition) is 6. The number of nitriles is 1. The van der Waals surface area contributed by atoms with Gasteiger partial charge in [-0.15, -0.1) is 0 Å². The maximum atomic E-state index is 14.0. The van der Waals surface area contributed by atoms with Crippen molar-refractivity contribution >= 4 is 28.5 Å². The molecule has 37 heavy (non-hydrogen) atoms. The van der Waals surface area contributed by atoms with Crippen molar-refractivity contribution in [2.24, 2.45) is 0 Å². The zero-order valence-electron chi connectivity index (χ0n) is 20.1. The number of alkyl carbamates (subject to hydrolysis) is 1. The molecule has 6 rings (SSSR count). The fourth-order valence-electron chi connectivity index (χ4n) is 5.56. The van der Waals surface area contributed by atoms with Gasteiger partial charge in [-0.05, 0) is 29.1 Å². The van der Waals surface area contributed by atoms with Crippen LogP contribution in [0, 0.1) is 11.3 Å². The van der Waals surface area contributed by atoms with Crippen molar-refractivity contribution in [1.82, 2.24) is 15.3 Å². The lowest BCUT2D eigenvalue weighted by Gasteiger charge is -2.43. The molecule has 1 spiro atoms. The second-order valence-electron chi connectivity index (χ2n) is 9.39. The van der Waals surface area contributed by atoms with Gasteiger partial charge < -0.3 is 15.0 Å². The summed E-state index contributed by atoms with van der Waals surface area (Å²) >= 11 is 0. The first kappa shape index (κ1) is 22.7. The summed E-state index contributed by atoms with van der Waals surface area (Å²) in [6.07, 6.45) is 3.60. The average molecular weight is 490 g/mol. The zero-order chi connectivity index (χ0) is 25.6. The number of amides is 2. The normalized spacial score (nSPS) is 19.8. The van der Waals surface area contributed by atoms with Crippen LogP contribution < -0.4 is 10.2 Å². The Morgan fingerprint density at radius 1 is 1.11 bits per heavy atom. The molecule has 1 aliphatic carbocycles. The van der Waals surface area contributed by atoms with Crippen molar-refractivity contribution in [1.29, 1.82) is 5.26 Å². The quantitative estimate of drug-likeness (QED) is 0.453. The Bertz CT molecular complexity index is 1590. The molecule has 0 radical (unpaired) electrons. The standard InChI is InChI=1S/C29H23N5O3/c1-31-28(36)37-21-12-29(13-21)23-8-4-5-9-25(23)34(27(29)35)17-24-26(19-10-11-20(14-30)32-16-19)22-7-3-2-6-18(22)15-33-24/h2-11,15-16,21H,12-13,17H2,1H3,(H,31,36). The number of nitrogens with zero attached hydrogens (tertiary/aromatic N) is 4. The second kappa shape index (κ2) is 8.71. The van der Waals surface area contributed by atoms with E-state index in [-0.39, 0.29) is 18.6 Å². The Labute approximate surface area is 213 Å². The lowest BCUT2D eigenvalue weighted by Crippen LogP contribution is -2.53. The third-order valence-corrected chi connectivity index (χ3v) is 7.35. The number of hydrogen-bond donors (Lipinski definition) is 1. The molecular weight excluding hydrogens is 466 g/mol. The number of aromatic nitrogens is 2. The van der Waals surface area contributed by atoms with Crippen molar-refractivity contribution in [2.45, 2.75) is 30.9 Å². The van der Waals surface area contributed by atoms with Crippen molar-refractivity contribution < 1.29 is 14.3 Å². The van der Waals surface area contributed by atoms with E-state index >= 15 is 0 Å². The van der Waals surface area contributed by atoms with Gasteiger partial charge in [0, 0.05) is 54.5 Å². The molecule has 0 bridgehead atoms. The Hall–Kier alpha value is -4.77. The van der Waals surface area contributed by atoms with Gasteiger partial charge in [-0.1, -0.05) is 42.5 Å². The first-order valence-corrected chi connectivity index (χ1v) is 12.1. The number of nitrogens with one attached hydrogen (secondary N) is 1. The number of anilines is 1. The molecule has 2 amide bonds. The van der Waals surface area contributed by atoms with E-state index in [1.54, 1.807) is 17.2 Å². The van der Waals surface area contributed by atoms with E-state index < -0.39 is 11.5 Å². The molecule has 8 heteroatoms.